The predicted octanol–water partition coefficient (Wildman–Crippen LogP) is 2.95. The van der Waals surface area contributed by atoms with Crippen LogP contribution < -0.4 is 21.3 Å². The van der Waals surface area contributed by atoms with Crippen LogP contribution in [0, 0.1) is 35.5 Å². The number of allylic oxidation sites excluding steroid dienone is 2. The van der Waals surface area contributed by atoms with E-state index in [1.54, 1.807) is 60.6 Å². The summed E-state index contributed by atoms with van der Waals surface area (Å²) in [4.78, 5) is 182. The molecule has 0 saturated carbocycles. The molecule has 25 heteroatoms. The van der Waals surface area contributed by atoms with Crippen molar-refractivity contribution in [2.75, 3.05) is 55.9 Å². The van der Waals surface area contributed by atoms with Gasteiger partial charge in [0.1, 0.15) is 66.0 Å². The van der Waals surface area contributed by atoms with Crippen LogP contribution in [-0.4, -0.2) is 238 Å². The minimum absolute atomic E-state index is 0.0295. The third-order valence-corrected chi connectivity index (χ3v) is 16.5. The van der Waals surface area contributed by atoms with Crippen molar-refractivity contribution >= 4 is 70.9 Å². The summed E-state index contributed by atoms with van der Waals surface area (Å²) in [6.45, 7) is 29.4. The maximum absolute atomic E-state index is 15.2. The standard InChI is InChI=1S/C64H113N11O14/c1-26-28-29-40(13)53(78)52-57(82)67-44(27-2)59(84)69(19)34-49(77)70(20)48(33-64(17,18)89-43(16)76)56(81)68-50(38(9)10)62(87)71(21)45(30-35(3)4)55(80)65-41(14)54(79)66-42(15)58(83)72(22)46(31-36(5)6)60(85)73(23)47(32-37(7)8)61(86)74(24)51(39(11)12)63(88)75(52)25/h26,28,35-42,44-48,50-53,78H,27,29-34H2,1-25H3,(H,65,80)(H,66,79)(H,67,82)(H,68,81)/b28-26+/t40?,41-,42+,44-,45-,46-,47-,48-,50-,51-,52-,53?/m0/s1. The quantitative estimate of drug-likeness (QED) is 0.110. The van der Waals surface area contributed by atoms with Crippen LogP contribution in [0.4, 0.5) is 0 Å². The molecule has 1 fully saturated rings. The fourth-order valence-electron chi connectivity index (χ4n) is 11.1. The van der Waals surface area contributed by atoms with E-state index < -0.39 is 167 Å². The number of carbonyl (C=O) groups excluding carboxylic acids is 12. The highest BCUT2D eigenvalue weighted by Crippen LogP contribution is 2.26. The van der Waals surface area contributed by atoms with Crippen molar-refractivity contribution in [3.05, 3.63) is 12.2 Å². The Kier molecular flexibility index (Phi) is 32.2. The van der Waals surface area contributed by atoms with Crippen LogP contribution in [0.15, 0.2) is 12.2 Å². The van der Waals surface area contributed by atoms with Gasteiger partial charge in [0, 0.05) is 62.7 Å². The first kappa shape index (κ1) is 80.4. The van der Waals surface area contributed by atoms with Crippen molar-refractivity contribution in [2.24, 2.45) is 35.5 Å². The zero-order valence-corrected chi connectivity index (χ0v) is 58.3. The zero-order chi connectivity index (χ0) is 69.2. The first-order chi connectivity index (χ1) is 40.9. The van der Waals surface area contributed by atoms with Gasteiger partial charge in [-0.15, -0.1) is 0 Å². The van der Waals surface area contributed by atoms with E-state index in [1.807, 2.05) is 41.5 Å². The molecule has 0 aliphatic carbocycles. The Hall–Kier alpha value is -6.66. The van der Waals surface area contributed by atoms with Gasteiger partial charge in [0.05, 0.1) is 12.6 Å². The molecule has 89 heavy (non-hydrogen) atoms. The maximum Gasteiger partial charge on any atom is 0.303 e. The van der Waals surface area contributed by atoms with Gasteiger partial charge >= 0.3 is 5.97 Å². The SMILES string of the molecule is C/C=C/CC(C)C(O)[C@H]1C(=O)N[C@@H](CC)C(=O)N(C)CC(=O)N(C)[C@@H](CC(C)(C)OC(C)=O)C(=O)N[C@@H](C(C)C)C(=O)N(C)[C@@H](CC(C)C)C(=O)N[C@@H](C)C(=O)N[C@H](C)C(=O)N(C)[C@@H](CC(C)C)C(=O)N(C)[C@@H](CC(C)C)C(=O)N(C)[C@@H](C(C)C)C(=O)N1C. The van der Waals surface area contributed by atoms with E-state index >= 15 is 9.59 Å². The Bertz CT molecular complexity index is 2500. The van der Waals surface area contributed by atoms with Crippen molar-refractivity contribution in [2.45, 2.75) is 235 Å². The summed E-state index contributed by atoms with van der Waals surface area (Å²) in [5.41, 5.74) is -1.38. The smallest absolute Gasteiger partial charge is 0.303 e. The first-order valence-electron chi connectivity index (χ1n) is 31.5. The van der Waals surface area contributed by atoms with Crippen molar-refractivity contribution < 1.29 is 67.4 Å². The molecule has 1 aliphatic heterocycles. The molecule has 25 nitrogen and oxygen atoms in total. The van der Waals surface area contributed by atoms with Gasteiger partial charge in [-0.05, 0) is 102 Å². The molecule has 5 N–H and O–H groups in total. The number of hydrogen-bond donors (Lipinski definition) is 5. The lowest BCUT2D eigenvalue weighted by Gasteiger charge is -2.41. The Labute approximate surface area is 530 Å². The molecule has 1 saturated heterocycles. The summed E-state index contributed by atoms with van der Waals surface area (Å²) in [6, 6.07) is -13.1. The lowest BCUT2D eigenvalue weighted by atomic mass is 9.91. The average Bonchev–Trinajstić information content (AvgIpc) is 1.00. The summed E-state index contributed by atoms with van der Waals surface area (Å²) in [6.07, 6.45) is 2.35. The van der Waals surface area contributed by atoms with Gasteiger partial charge in [0.25, 0.3) is 0 Å². The third-order valence-electron chi connectivity index (χ3n) is 16.5. The first-order valence-corrected chi connectivity index (χ1v) is 31.5. The number of nitrogens with one attached hydrogen (secondary N) is 4. The number of likely N-dealkylation sites (N-methyl/N-ethyl adjacent to an activating group) is 7. The van der Waals surface area contributed by atoms with E-state index in [4.69, 9.17) is 4.74 Å². The van der Waals surface area contributed by atoms with Crippen LogP contribution in [0.3, 0.4) is 0 Å². The number of amides is 11. The van der Waals surface area contributed by atoms with Gasteiger partial charge in [0.2, 0.25) is 65.0 Å². The van der Waals surface area contributed by atoms with Gasteiger partial charge in [-0.2, -0.15) is 0 Å². The fraction of sp³-hybridized carbons (Fsp3) is 0.781. The lowest BCUT2D eigenvalue weighted by Crippen LogP contribution is -2.63. The number of esters is 1. The topological polar surface area (TPSA) is 305 Å². The highest BCUT2D eigenvalue weighted by Gasteiger charge is 2.46. The molecule has 0 radical (unpaired) electrons. The highest BCUT2D eigenvalue weighted by molar-refractivity contribution is 5.99. The van der Waals surface area contributed by atoms with Gasteiger partial charge < -0.3 is 65.4 Å². The van der Waals surface area contributed by atoms with E-state index in [-0.39, 0.29) is 56.3 Å². The largest absolute Gasteiger partial charge is 0.460 e. The maximum atomic E-state index is 15.2. The molecule has 11 amide bonds. The number of ether oxygens (including phenoxy) is 1. The number of aliphatic hydroxyl groups is 1. The van der Waals surface area contributed by atoms with E-state index in [0.717, 1.165) is 14.7 Å². The molecule has 1 rings (SSSR count). The number of nitrogens with zero attached hydrogens (tertiary/aromatic N) is 7. The molecular weight excluding hydrogens is 1150 g/mol. The zero-order valence-electron chi connectivity index (χ0n) is 58.3. The number of hydrogen-bond acceptors (Lipinski definition) is 14. The second-order valence-corrected chi connectivity index (χ2v) is 27.0. The van der Waals surface area contributed by atoms with Crippen LogP contribution in [0.5, 0.6) is 0 Å². The second kappa shape index (κ2) is 35.7. The van der Waals surface area contributed by atoms with Gasteiger partial charge in [0.15, 0.2) is 0 Å². The number of rotatable bonds is 16. The van der Waals surface area contributed by atoms with Crippen molar-refractivity contribution in [1.82, 2.24) is 55.6 Å². The van der Waals surface area contributed by atoms with Crippen LogP contribution in [-0.2, 0) is 62.3 Å². The van der Waals surface area contributed by atoms with E-state index in [2.05, 4.69) is 21.3 Å². The molecule has 0 aromatic rings. The normalized spacial score (nSPS) is 26.3. The summed E-state index contributed by atoms with van der Waals surface area (Å²) in [7, 11) is 9.64. The van der Waals surface area contributed by atoms with E-state index in [9.17, 15) is 53.1 Å². The van der Waals surface area contributed by atoms with Gasteiger partial charge in [-0.3, -0.25) is 57.5 Å². The number of carbonyl (C=O) groups is 12. The Morgan fingerprint density at radius 3 is 1.46 bits per heavy atom. The molecule has 508 valence electrons. The Morgan fingerprint density at radius 1 is 0.551 bits per heavy atom. The average molecular weight is 1260 g/mol. The van der Waals surface area contributed by atoms with Crippen molar-refractivity contribution in [1.29, 1.82) is 0 Å². The summed E-state index contributed by atoms with van der Waals surface area (Å²) in [5.74, 6) is -11.2. The van der Waals surface area contributed by atoms with Gasteiger partial charge in [-0.1, -0.05) is 95.2 Å². The molecule has 0 spiro atoms. The van der Waals surface area contributed by atoms with Crippen LogP contribution in [0.2, 0.25) is 0 Å². The van der Waals surface area contributed by atoms with Crippen molar-refractivity contribution in [3.63, 3.8) is 0 Å². The van der Waals surface area contributed by atoms with Crippen LogP contribution >= 0.6 is 0 Å². The Balaban J connectivity index is 4.41. The fourth-order valence-corrected chi connectivity index (χ4v) is 11.1. The van der Waals surface area contributed by atoms with E-state index in [0.29, 0.717) is 0 Å². The third kappa shape index (κ3) is 23.0. The molecule has 0 aromatic heterocycles. The number of aliphatic hydroxyl groups excluding tert-OH is 1. The monoisotopic (exact) mass is 1260 g/mol. The molecule has 2 unspecified atom stereocenters. The Morgan fingerprint density at radius 2 is 1.00 bits per heavy atom. The van der Waals surface area contributed by atoms with E-state index in [1.165, 1.54) is 104 Å². The minimum Gasteiger partial charge on any atom is -0.460 e. The molecule has 1 heterocycles. The van der Waals surface area contributed by atoms with Crippen LogP contribution in [0.25, 0.3) is 0 Å². The molecule has 12 atom stereocenters. The summed E-state index contributed by atoms with van der Waals surface area (Å²) in [5, 5.41) is 23.0. The molecule has 0 bridgehead atoms. The predicted molar refractivity (Wildman–Crippen MR) is 339 cm³/mol. The molecule has 1 aliphatic rings. The highest BCUT2D eigenvalue weighted by atomic mass is 16.6. The summed E-state index contributed by atoms with van der Waals surface area (Å²) >= 11 is 0. The van der Waals surface area contributed by atoms with Crippen molar-refractivity contribution in [3.8, 4) is 0 Å². The van der Waals surface area contributed by atoms with Gasteiger partial charge in [-0.25, -0.2) is 0 Å². The minimum atomic E-state index is -1.65. The summed E-state index contributed by atoms with van der Waals surface area (Å²) < 4.78 is 5.57. The lowest BCUT2D eigenvalue weighted by molar-refractivity contribution is -0.158. The molecular formula is C64H113N11O14. The molecule has 0 aromatic carbocycles. The second-order valence-electron chi connectivity index (χ2n) is 27.0. The van der Waals surface area contributed by atoms with Crippen LogP contribution in [0.1, 0.15) is 163 Å².